The van der Waals surface area contributed by atoms with Crippen LogP contribution in [-0.2, 0) is 15.7 Å². The molecule has 0 spiro atoms. The molecule has 0 unspecified atom stereocenters. The second kappa shape index (κ2) is 8.32. The predicted molar refractivity (Wildman–Crippen MR) is 109 cm³/mol. The Morgan fingerprint density at radius 1 is 1.17 bits per heavy atom. The van der Waals surface area contributed by atoms with Crippen molar-refractivity contribution in [1.82, 2.24) is 9.88 Å². The first-order valence-corrected chi connectivity index (χ1v) is 10.00. The summed E-state index contributed by atoms with van der Waals surface area (Å²) in [5.41, 5.74) is 1.26. The van der Waals surface area contributed by atoms with Gasteiger partial charge in [-0.2, -0.15) is 13.2 Å². The average molecular weight is 437 g/mol. The number of amides is 1. The third-order valence-corrected chi connectivity index (χ3v) is 5.65. The minimum Gasteiger partial charge on any atom is -0.378 e. The van der Waals surface area contributed by atoms with Gasteiger partial charge in [0.15, 0.2) is 0 Å². The molecule has 1 amide bonds. The van der Waals surface area contributed by atoms with Crippen LogP contribution in [0.5, 0.6) is 0 Å². The molecule has 2 aromatic carbocycles. The SMILES string of the molecule is O=C(C[C@@H](c1cccc(C(F)(F)F)c1)c1c[nH]c2ccc(Cl)cc12)N1CCOCC1. The molecule has 1 aliphatic heterocycles. The summed E-state index contributed by atoms with van der Waals surface area (Å²) in [6.45, 7) is 1.88. The molecule has 1 N–H and O–H groups in total. The fourth-order valence-corrected chi connectivity index (χ4v) is 4.03. The average Bonchev–Trinajstić information content (AvgIpc) is 3.14. The van der Waals surface area contributed by atoms with E-state index >= 15 is 0 Å². The number of fused-ring (bicyclic) bond motifs is 1. The summed E-state index contributed by atoms with van der Waals surface area (Å²) < 4.78 is 45.3. The van der Waals surface area contributed by atoms with Gasteiger partial charge >= 0.3 is 6.18 Å². The normalized spacial score (nSPS) is 16.1. The van der Waals surface area contributed by atoms with E-state index < -0.39 is 17.7 Å². The van der Waals surface area contributed by atoms with E-state index in [9.17, 15) is 18.0 Å². The van der Waals surface area contributed by atoms with Crippen molar-refractivity contribution in [3.8, 4) is 0 Å². The topological polar surface area (TPSA) is 45.3 Å². The standard InChI is InChI=1S/C22H20ClF3N2O2/c23-16-4-5-20-18(11-16)19(13-27-20)17(12-21(29)28-6-8-30-9-7-28)14-2-1-3-15(10-14)22(24,25)26/h1-5,10-11,13,17,27H,6-9,12H2/t17-/m0/s1. The first-order chi connectivity index (χ1) is 14.3. The zero-order valence-corrected chi connectivity index (χ0v) is 16.8. The summed E-state index contributed by atoms with van der Waals surface area (Å²) in [6.07, 6.45) is -2.66. The monoisotopic (exact) mass is 436 g/mol. The Morgan fingerprint density at radius 2 is 1.93 bits per heavy atom. The number of carbonyl (C=O) groups is 1. The van der Waals surface area contributed by atoms with Crippen LogP contribution in [0, 0.1) is 0 Å². The Balaban J connectivity index is 1.76. The molecule has 1 saturated heterocycles. The van der Waals surface area contributed by atoms with E-state index in [1.807, 2.05) is 6.07 Å². The predicted octanol–water partition coefficient (Wildman–Crippen LogP) is 5.22. The van der Waals surface area contributed by atoms with Crippen molar-refractivity contribution >= 4 is 28.4 Å². The number of halogens is 4. The largest absolute Gasteiger partial charge is 0.416 e. The molecule has 3 aromatic rings. The fraction of sp³-hybridized carbons (Fsp3) is 0.318. The van der Waals surface area contributed by atoms with E-state index in [0.29, 0.717) is 36.9 Å². The number of alkyl halides is 3. The fourth-order valence-electron chi connectivity index (χ4n) is 3.86. The molecule has 4 nitrogen and oxygen atoms in total. The number of aromatic nitrogens is 1. The Labute approximate surface area is 176 Å². The minimum atomic E-state index is -4.46. The van der Waals surface area contributed by atoms with Crippen molar-refractivity contribution in [1.29, 1.82) is 0 Å². The van der Waals surface area contributed by atoms with Gasteiger partial charge in [-0.1, -0.05) is 29.8 Å². The van der Waals surface area contributed by atoms with Crippen LogP contribution in [-0.4, -0.2) is 42.1 Å². The summed E-state index contributed by atoms with van der Waals surface area (Å²) in [5.74, 6) is -0.660. The number of carbonyl (C=O) groups excluding carboxylic acids is 1. The van der Waals surface area contributed by atoms with Gasteiger partial charge < -0.3 is 14.6 Å². The van der Waals surface area contributed by atoms with Crippen molar-refractivity contribution in [3.63, 3.8) is 0 Å². The molecule has 8 heteroatoms. The van der Waals surface area contributed by atoms with Crippen LogP contribution >= 0.6 is 11.6 Å². The summed E-state index contributed by atoms with van der Waals surface area (Å²) in [7, 11) is 0. The second-order valence-electron chi connectivity index (χ2n) is 7.31. The molecule has 0 radical (unpaired) electrons. The van der Waals surface area contributed by atoms with Crippen LogP contribution in [0.3, 0.4) is 0 Å². The molecule has 0 saturated carbocycles. The van der Waals surface area contributed by atoms with Crippen LogP contribution in [0.1, 0.15) is 29.0 Å². The Kier molecular flexibility index (Phi) is 5.75. The van der Waals surface area contributed by atoms with Crippen molar-refractivity contribution in [3.05, 3.63) is 70.4 Å². The lowest BCUT2D eigenvalue weighted by atomic mass is 9.87. The van der Waals surface area contributed by atoms with E-state index in [-0.39, 0.29) is 12.3 Å². The van der Waals surface area contributed by atoms with Gasteiger partial charge in [0.05, 0.1) is 18.8 Å². The van der Waals surface area contributed by atoms with Crippen LogP contribution in [0.15, 0.2) is 48.7 Å². The molecular formula is C22H20ClF3N2O2. The van der Waals surface area contributed by atoms with E-state index in [1.165, 1.54) is 6.07 Å². The highest BCUT2D eigenvalue weighted by atomic mass is 35.5. The first kappa shape index (κ1) is 20.8. The van der Waals surface area contributed by atoms with Gasteiger partial charge in [0.1, 0.15) is 0 Å². The summed E-state index contributed by atoms with van der Waals surface area (Å²) >= 11 is 6.16. The van der Waals surface area contributed by atoms with Gasteiger partial charge in [-0.25, -0.2) is 0 Å². The molecule has 1 aromatic heterocycles. The lowest BCUT2D eigenvalue weighted by Crippen LogP contribution is -2.41. The Hall–Kier alpha value is -2.51. The molecular weight excluding hydrogens is 417 g/mol. The minimum absolute atomic E-state index is 0.0563. The molecule has 158 valence electrons. The third kappa shape index (κ3) is 4.32. The van der Waals surface area contributed by atoms with Crippen LogP contribution in [0.4, 0.5) is 13.2 Å². The highest BCUT2D eigenvalue weighted by molar-refractivity contribution is 6.31. The maximum Gasteiger partial charge on any atom is 0.416 e. The number of H-pyrrole nitrogens is 1. The van der Waals surface area contributed by atoms with Gasteiger partial charge in [-0.05, 0) is 35.4 Å². The number of nitrogens with one attached hydrogen (secondary N) is 1. The lowest BCUT2D eigenvalue weighted by Gasteiger charge is -2.29. The molecule has 4 rings (SSSR count). The molecule has 30 heavy (non-hydrogen) atoms. The lowest BCUT2D eigenvalue weighted by molar-refractivity contribution is -0.137. The van der Waals surface area contributed by atoms with Crippen LogP contribution in [0.2, 0.25) is 5.02 Å². The number of aromatic amines is 1. The zero-order valence-electron chi connectivity index (χ0n) is 16.0. The molecule has 0 aliphatic carbocycles. The van der Waals surface area contributed by atoms with E-state index in [4.69, 9.17) is 16.3 Å². The van der Waals surface area contributed by atoms with Crippen LogP contribution < -0.4 is 0 Å². The smallest absolute Gasteiger partial charge is 0.378 e. The number of ether oxygens (including phenoxy) is 1. The number of hydrogen-bond donors (Lipinski definition) is 1. The molecule has 0 bridgehead atoms. The molecule has 1 aliphatic rings. The van der Waals surface area contributed by atoms with Crippen molar-refractivity contribution in [2.24, 2.45) is 0 Å². The third-order valence-electron chi connectivity index (χ3n) is 5.41. The first-order valence-electron chi connectivity index (χ1n) is 9.62. The van der Waals surface area contributed by atoms with Crippen molar-refractivity contribution < 1.29 is 22.7 Å². The van der Waals surface area contributed by atoms with Gasteiger partial charge in [0.25, 0.3) is 0 Å². The Bertz CT molecular complexity index is 1060. The molecule has 2 heterocycles. The quantitative estimate of drug-likeness (QED) is 0.609. The van der Waals surface area contributed by atoms with Gasteiger partial charge in [0, 0.05) is 47.6 Å². The highest BCUT2D eigenvalue weighted by Crippen LogP contribution is 2.37. The highest BCUT2D eigenvalue weighted by Gasteiger charge is 2.32. The maximum absolute atomic E-state index is 13.3. The summed E-state index contributed by atoms with van der Waals surface area (Å²) in [5, 5.41) is 1.31. The van der Waals surface area contributed by atoms with E-state index in [0.717, 1.165) is 28.6 Å². The molecule has 1 atom stereocenters. The van der Waals surface area contributed by atoms with Gasteiger partial charge in [-0.3, -0.25) is 4.79 Å². The number of morpholine rings is 1. The summed E-state index contributed by atoms with van der Waals surface area (Å²) in [4.78, 5) is 17.8. The maximum atomic E-state index is 13.3. The van der Waals surface area contributed by atoms with Crippen molar-refractivity contribution in [2.75, 3.05) is 26.3 Å². The molecule has 1 fully saturated rings. The number of hydrogen-bond acceptors (Lipinski definition) is 2. The van der Waals surface area contributed by atoms with Gasteiger partial charge in [-0.15, -0.1) is 0 Å². The van der Waals surface area contributed by atoms with Crippen LogP contribution in [0.25, 0.3) is 10.9 Å². The van der Waals surface area contributed by atoms with E-state index in [1.54, 1.807) is 29.3 Å². The van der Waals surface area contributed by atoms with Gasteiger partial charge in [0.2, 0.25) is 5.91 Å². The summed E-state index contributed by atoms with van der Waals surface area (Å²) in [6, 6.07) is 10.5. The number of nitrogens with zero attached hydrogens (tertiary/aromatic N) is 1. The number of rotatable bonds is 4. The second-order valence-corrected chi connectivity index (χ2v) is 7.74. The zero-order chi connectivity index (χ0) is 21.3. The van der Waals surface area contributed by atoms with E-state index in [2.05, 4.69) is 4.98 Å². The Morgan fingerprint density at radius 3 is 2.67 bits per heavy atom. The van der Waals surface area contributed by atoms with Crippen molar-refractivity contribution in [2.45, 2.75) is 18.5 Å². The number of benzene rings is 2.